The fourth-order valence-electron chi connectivity index (χ4n) is 4.79. The Kier molecular flexibility index (Phi) is 6.96. The number of ketones is 1. The van der Waals surface area contributed by atoms with Gasteiger partial charge in [-0.3, -0.25) is 19.0 Å². The predicted octanol–water partition coefficient (Wildman–Crippen LogP) is 5.08. The van der Waals surface area contributed by atoms with Gasteiger partial charge in [-0.2, -0.15) is 0 Å². The van der Waals surface area contributed by atoms with Crippen LogP contribution in [-0.2, 0) is 16.1 Å². The molecule has 194 valence electrons. The van der Waals surface area contributed by atoms with Gasteiger partial charge >= 0.3 is 0 Å². The van der Waals surface area contributed by atoms with Crippen LogP contribution in [0, 0.1) is 12.8 Å². The number of aliphatic hydroxyl groups excluding tert-OH is 1. The van der Waals surface area contributed by atoms with E-state index in [1.54, 1.807) is 36.0 Å². The highest BCUT2D eigenvalue weighted by Crippen LogP contribution is 2.41. The summed E-state index contributed by atoms with van der Waals surface area (Å²) >= 11 is 0. The summed E-state index contributed by atoms with van der Waals surface area (Å²) in [6, 6.07) is 15.7. The fourth-order valence-corrected chi connectivity index (χ4v) is 4.79. The summed E-state index contributed by atoms with van der Waals surface area (Å²) in [4.78, 5) is 37.1. The van der Waals surface area contributed by atoms with Gasteiger partial charge in [0.25, 0.3) is 11.7 Å². The summed E-state index contributed by atoms with van der Waals surface area (Å²) in [6.07, 6.45) is 5.99. The predicted molar refractivity (Wildman–Crippen MR) is 143 cm³/mol. The number of aliphatic hydroxyl groups is 1. The summed E-state index contributed by atoms with van der Waals surface area (Å²) in [6.45, 7) is 6.75. The normalized spacial score (nSPS) is 17.1. The van der Waals surface area contributed by atoms with Crippen LogP contribution in [0.15, 0.2) is 78.8 Å². The minimum Gasteiger partial charge on any atom is -0.505 e. The zero-order chi connectivity index (χ0) is 26.8. The summed E-state index contributed by atoms with van der Waals surface area (Å²) in [5.41, 5.74) is 3.03. The highest BCUT2D eigenvalue weighted by atomic mass is 16.5. The Bertz CT molecular complexity index is 1520. The van der Waals surface area contributed by atoms with E-state index in [4.69, 9.17) is 4.74 Å². The first-order valence-corrected chi connectivity index (χ1v) is 12.7. The van der Waals surface area contributed by atoms with E-state index in [0.717, 1.165) is 12.0 Å². The molecule has 4 aromatic rings. The summed E-state index contributed by atoms with van der Waals surface area (Å²) in [5.74, 6) is -0.547. The molecule has 1 aliphatic rings. The Morgan fingerprint density at radius 3 is 2.71 bits per heavy atom. The molecule has 0 bridgehead atoms. The highest BCUT2D eigenvalue weighted by molar-refractivity contribution is 6.46. The molecule has 0 radical (unpaired) electrons. The molecule has 1 fully saturated rings. The molecule has 4 heterocycles. The molecule has 0 saturated carbocycles. The number of aryl methyl sites for hydroxylation is 1. The lowest BCUT2D eigenvalue weighted by Gasteiger charge is -2.25. The number of carbonyl (C=O) groups is 2. The van der Waals surface area contributed by atoms with E-state index in [1.165, 1.54) is 4.90 Å². The number of rotatable bonds is 8. The zero-order valence-electron chi connectivity index (χ0n) is 21.7. The van der Waals surface area contributed by atoms with Crippen LogP contribution in [0.4, 0.5) is 0 Å². The maximum atomic E-state index is 13.5. The lowest BCUT2D eigenvalue weighted by Crippen LogP contribution is -2.29. The summed E-state index contributed by atoms with van der Waals surface area (Å²) in [7, 11) is 0. The van der Waals surface area contributed by atoms with E-state index in [2.05, 4.69) is 23.8 Å². The van der Waals surface area contributed by atoms with E-state index < -0.39 is 17.7 Å². The number of carbonyl (C=O) groups excluding carboxylic acids is 2. The Hall–Kier alpha value is -4.46. The van der Waals surface area contributed by atoms with Crippen molar-refractivity contribution in [1.29, 1.82) is 0 Å². The van der Waals surface area contributed by atoms with Gasteiger partial charge in [-0.05, 0) is 60.7 Å². The minimum atomic E-state index is -0.822. The van der Waals surface area contributed by atoms with Crippen molar-refractivity contribution in [3.63, 3.8) is 0 Å². The quantitative estimate of drug-likeness (QED) is 0.202. The Morgan fingerprint density at radius 1 is 1.11 bits per heavy atom. The largest absolute Gasteiger partial charge is 0.505 e. The average Bonchev–Trinajstić information content (AvgIpc) is 3.37. The Labute approximate surface area is 221 Å². The molecular weight excluding hydrogens is 480 g/mol. The average molecular weight is 511 g/mol. The van der Waals surface area contributed by atoms with Gasteiger partial charge in [-0.1, -0.05) is 38.1 Å². The maximum absolute atomic E-state index is 13.5. The van der Waals surface area contributed by atoms with Crippen molar-refractivity contribution >= 4 is 23.1 Å². The van der Waals surface area contributed by atoms with Crippen LogP contribution in [-0.4, -0.2) is 42.7 Å². The van der Waals surface area contributed by atoms with E-state index in [0.29, 0.717) is 40.9 Å². The van der Waals surface area contributed by atoms with Crippen LogP contribution >= 0.6 is 0 Å². The van der Waals surface area contributed by atoms with Gasteiger partial charge in [0.1, 0.15) is 17.1 Å². The van der Waals surface area contributed by atoms with Crippen molar-refractivity contribution in [2.24, 2.45) is 5.92 Å². The Balaban J connectivity index is 1.64. The molecule has 8 heteroatoms. The number of imidazole rings is 1. The lowest BCUT2D eigenvalue weighted by molar-refractivity contribution is -0.140. The number of hydrogen-bond acceptors (Lipinski definition) is 6. The first-order valence-electron chi connectivity index (χ1n) is 12.7. The smallest absolute Gasteiger partial charge is 0.295 e. The number of aromatic nitrogens is 3. The molecule has 38 heavy (non-hydrogen) atoms. The number of amides is 1. The first kappa shape index (κ1) is 25.2. The molecule has 1 amide bonds. The molecule has 1 aliphatic heterocycles. The van der Waals surface area contributed by atoms with Gasteiger partial charge in [0.2, 0.25) is 0 Å². The van der Waals surface area contributed by atoms with Crippen LogP contribution in [0.2, 0.25) is 0 Å². The summed E-state index contributed by atoms with van der Waals surface area (Å²) < 4.78 is 7.70. The van der Waals surface area contributed by atoms with Crippen molar-refractivity contribution in [2.75, 3.05) is 6.61 Å². The molecule has 3 aromatic heterocycles. The maximum Gasteiger partial charge on any atom is 0.295 e. The number of nitrogens with zero attached hydrogens (tertiary/aromatic N) is 4. The third-order valence-corrected chi connectivity index (χ3v) is 6.68. The SMILES string of the molecule is Cc1nc2ccccn2c1/C(O)=C1\C(=O)C(=O)N(Cc2cccnc2)C1c1cccc(OCCC(C)C)c1. The van der Waals surface area contributed by atoms with Gasteiger partial charge in [-0.15, -0.1) is 0 Å². The van der Waals surface area contributed by atoms with E-state index in [-0.39, 0.29) is 17.9 Å². The van der Waals surface area contributed by atoms with E-state index >= 15 is 0 Å². The third kappa shape index (κ3) is 4.77. The molecular formula is C30H30N4O4. The van der Waals surface area contributed by atoms with E-state index in [1.807, 2.05) is 48.5 Å². The zero-order valence-corrected chi connectivity index (χ0v) is 21.7. The molecule has 1 aromatic carbocycles. The molecule has 1 saturated heterocycles. The van der Waals surface area contributed by atoms with Gasteiger partial charge in [-0.25, -0.2) is 4.98 Å². The second-order valence-electron chi connectivity index (χ2n) is 9.87. The second-order valence-corrected chi connectivity index (χ2v) is 9.87. The van der Waals surface area contributed by atoms with Gasteiger partial charge in [0.15, 0.2) is 5.76 Å². The Morgan fingerprint density at radius 2 is 1.95 bits per heavy atom. The second kappa shape index (κ2) is 10.5. The number of fused-ring (bicyclic) bond motifs is 1. The van der Waals surface area contributed by atoms with Gasteiger partial charge in [0.05, 0.1) is 23.9 Å². The van der Waals surface area contributed by atoms with Crippen molar-refractivity contribution in [1.82, 2.24) is 19.3 Å². The number of ether oxygens (including phenoxy) is 1. The standard InChI is InChI=1S/C30H30N4O4/c1-19(2)12-15-38-23-10-6-9-22(16-23)27-25(28(35)26-20(3)32-24-11-4-5-14-33(24)26)29(36)30(37)34(27)18-21-8-7-13-31-17-21/h4-11,13-14,16-17,19,27,35H,12,15,18H2,1-3H3/b28-25+. The van der Waals surface area contributed by atoms with Crippen LogP contribution in [0.25, 0.3) is 11.4 Å². The van der Waals surface area contributed by atoms with Crippen molar-refractivity contribution in [2.45, 2.75) is 39.8 Å². The molecule has 1 unspecified atom stereocenters. The van der Waals surface area contributed by atoms with Crippen LogP contribution in [0.3, 0.4) is 0 Å². The lowest BCUT2D eigenvalue weighted by atomic mass is 9.96. The number of pyridine rings is 2. The monoisotopic (exact) mass is 510 g/mol. The molecule has 1 atom stereocenters. The molecule has 0 aliphatic carbocycles. The van der Waals surface area contributed by atoms with Crippen LogP contribution < -0.4 is 4.74 Å². The minimum absolute atomic E-state index is 0.0203. The molecule has 8 nitrogen and oxygen atoms in total. The number of Topliss-reactive ketones (excluding diaryl/α,β-unsaturated/α-hetero) is 1. The van der Waals surface area contributed by atoms with Crippen molar-refractivity contribution in [3.05, 3.63) is 101 Å². The fraction of sp³-hybridized carbons (Fsp3) is 0.267. The summed E-state index contributed by atoms with van der Waals surface area (Å²) in [5, 5.41) is 11.6. The van der Waals surface area contributed by atoms with Gasteiger partial charge < -0.3 is 14.7 Å². The number of hydrogen-bond donors (Lipinski definition) is 1. The number of benzene rings is 1. The molecule has 5 rings (SSSR count). The first-order chi connectivity index (χ1) is 18.3. The number of likely N-dealkylation sites (tertiary alicyclic amines) is 1. The highest BCUT2D eigenvalue weighted by Gasteiger charge is 2.46. The topological polar surface area (TPSA) is 97.0 Å². The van der Waals surface area contributed by atoms with Crippen molar-refractivity contribution < 1.29 is 19.4 Å². The van der Waals surface area contributed by atoms with E-state index in [9.17, 15) is 14.7 Å². The van der Waals surface area contributed by atoms with Crippen LogP contribution in [0.1, 0.15) is 48.8 Å². The molecule has 1 N–H and O–H groups in total. The molecule has 0 spiro atoms. The third-order valence-electron chi connectivity index (χ3n) is 6.68. The van der Waals surface area contributed by atoms with Gasteiger partial charge in [0, 0.05) is 25.1 Å². The van der Waals surface area contributed by atoms with Crippen molar-refractivity contribution in [3.8, 4) is 5.75 Å². The van der Waals surface area contributed by atoms with Crippen LogP contribution in [0.5, 0.6) is 5.75 Å².